The Balaban J connectivity index is 2.50. The Kier molecular flexibility index (Phi) is 6.81. The molecule has 0 aliphatic rings. The molecule has 0 spiro atoms. The fraction of sp³-hybridized carbons (Fsp3) is 0.333. The Labute approximate surface area is 160 Å². The molecule has 0 unspecified atom stereocenters. The van der Waals surface area contributed by atoms with E-state index < -0.39 is 0 Å². The van der Waals surface area contributed by atoms with Crippen molar-refractivity contribution in [2.75, 3.05) is 13.7 Å². The predicted molar refractivity (Wildman–Crippen MR) is 108 cm³/mol. The van der Waals surface area contributed by atoms with Gasteiger partial charge in [-0.25, -0.2) is 4.98 Å². The van der Waals surface area contributed by atoms with Crippen molar-refractivity contribution in [2.45, 2.75) is 34.1 Å². The first kappa shape index (κ1) is 20.0. The first-order valence-electron chi connectivity index (χ1n) is 8.65. The zero-order valence-corrected chi connectivity index (χ0v) is 16.7. The lowest BCUT2D eigenvalue weighted by Crippen LogP contribution is -2.25. The molecule has 0 radical (unpaired) electrons. The van der Waals surface area contributed by atoms with Gasteiger partial charge >= 0.3 is 0 Å². The van der Waals surface area contributed by atoms with Gasteiger partial charge in [-0.05, 0) is 67.7 Å². The third-order valence-corrected chi connectivity index (χ3v) is 4.69. The Morgan fingerprint density at radius 1 is 1.27 bits per heavy atom. The normalized spacial score (nSPS) is 11.8. The molecular formula is C21H25ClN2O2. The number of carbonyl (C=O) groups excluding carboxylic acids is 1. The summed E-state index contributed by atoms with van der Waals surface area (Å²) < 4.78 is 5.12. The highest BCUT2D eigenvalue weighted by Gasteiger charge is 2.15. The lowest BCUT2D eigenvalue weighted by molar-refractivity contribution is -0.117. The third-order valence-electron chi connectivity index (χ3n) is 4.47. The number of methoxy groups -OCH3 is 1. The van der Waals surface area contributed by atoms with Crippen LogP contribution in [0.2, 0.25) is 5.02 Å². The molecule has 0 atom stereocenters. The molecule has 0 fully saturated rings. The molecule has 1 amide bonds. The lowest BCUT2D eigenvalue weighted by Gasteiger charge is -2.16. The third kappa shape index (κ3) is 4.44. The average molecular weight is 373 g/mol. The molecule has 2 aromatic rings. The van der Waals surface area contributed by atoms with E-state index in [1.807, 2.05) is 52.0 Å². The second-order valence-corrected chi connectivity index (χ2v) is 6.66. The van der Waals surface area contributed by atoms with Crippen molar-refractivity contribution in [3.63, 3.8) is 0 Å². The Bertz CT molecular complexity index is 827. The number of halogens is 1. The zero-order valence-electron chi connectivity index (χ0n) is 15.9. The van der Waals surface area contributed by atoms with Gasteiger partial charge in [0.05, 0.1) is 7.11 Å². The van der Waals surface area contributed by atoms with Crippen molar-refractivity contribution in [1.29, 1.82) is 0 Å². The molecular weight excluding hydrogens is 348 g/mol. The summed E-state index contributed by atoms with van der Waals surface area (Å²) in [6, 6.07) is 7.60. The minimum atomic E-state index is -0.0450. The molecule has 1 aromatic heterocycles. The van der Waals surface area contributed by atoms with E-state index in [1.54, 1.807) is 13.3 Å². The van der Waals surface area contributed by atoms with Crippen molar-refractivity contribution < 1.29 is 9.53 Å². The van der Waals surface area contributed by atoms with Gasteiger partial charge in [0.15, 0.2) is 0 Å². The van der Waals surface area contributed by atoms with Crippen LogP contribution in [-0.4, -0.2) is 24.5 Å². The molecule has 0 aliphatic heterocycles. The lowest BCUT2D eigenvalue weighted by atomic mass is 9.91. The summed E-state index contributed by atoms with van der Waals surface area (Å²) in [5.41, 5.74) is 5.58. The first-order chi connectivity index (χ1) is 12.4. The van der Waals surface area contributed by atoms with Gasteiger partial charge in [0, 0.05) is 35.0 Å². The molecule has 138 valence electrons. The number of benzene rings is 1. The molecule has 2 rings (SSSR count). The summed E-state index contributed by atoms with van der Waals surface area (Å²) >= 11 is 6.37. The van der Waals surface area contributed by atoms with E-state index in [0.717, 1.165) is 34.2 Å². The highest BCUT2D eigenvalue weighted by molar-refractivity contribution is 6.31. The largest absolute Gasteiger partial charge is 0.481 e. The number of ether oxygens (including phenoxy) is 1. The van der Waals surface area contributed by atoms with Gasteiger partial charge in [-0.3, -0.25) is 4.79 Å². The first-order valence-corrected chi connectivity index (χ1v) is 9.03. The quantitative estimate of drug-likeness (QED) is 0.723. The van der Waals surface area contributed by atoms with Crippen molar-refractivity contribution >= 4 is 23.1 Å². The van der Waals surface area contributed by atoms with Crippen LogP contribution in [0.15, 0.2) is 36.0 Å². The standard InChI is InChI=1S/C21H25ClN2O2/c1-6-9-23-21(25)14(3)13(2)18-10-17(22)11-19(15(18)4)16-7-8-20(26-5)24-12-16/h7-8,10-12H,6,9H2,1-5H3,(H,23,25)/b14-13+. The molecule has 0 saturated heterocycles. The molecule has 5 heteroatoms. The molecule has 1 heterocycles. The molecule has 1 aromatic carbocycles. The number of pyridine rings is 1. The summed E-state index contributed by atoms with van der Waals surface area (Å²) in [6.07, 6.45) is 2.67. The van der Waals surface area contributed by atoms with Gasteiger partial charge in [0.1, 0.15) is 0 Å². The van der Waals surface area contributed by atoms with Crippen LogP contribution >= 0.6 is 11.6 Å². The van der Waals surface area contributed by atoms with E-state index in [-0.39, 0.29) is 5.91 Å². The summed E-state index contributed by atoms with van der Waals surface area (Å²) in [6.45, 7) is 8.53. The summed E-state index contributed by atoms with van der Waals surface area (Å²) in [4.78, 5) is 16.6. The van der Waals surface area contributed by atoms with Crippen molar-refractivity contribution in [3.05, 3.63) is 52.2 Å². The number of hydrogen-bond donors (Lipinski definition) is 1. The second-order valence-electron chi connectivity index (χ2n) is 6.22. The number of nitrogens with one attached hydrogen (secondary N) is 1. The SMILES string of the molecule is CCCNC(=O)/C(C)=C(\C)c1cc(Cl)cc(-c2ccc(OC)nc2)c1C. The monoisotopic (exact) mass is 372 g/mol. The summed E-state index contributed by atoms with van der Waals surface area (Å²) in [7, 11) is 1.59. The van der Waals surface area contributed by atoms with Crippen molar-refractivity contribution in [1.82, 2.24) is 10.3 Å². The molecule has 26 heavy (non-hydrogen) atoms. The Morgan fingerprint density at radius 2 is 2.00 bits per heavy atom. The number of aromatic nitrogens is 1. The van der Waals surface area contributed by atoms with Crippen LogP contribution in [0.1, 0.15) is 38.3 Å². The van der Waals surface area contributed by atoms with Gasteiger partial charge in [0.25, 0.3) is 0 Å². The molecule has 0 aliphatic carbocycles. The van der Waals surface area contributed by atoms with Crippen LogP contribution in [0.4, 0.5) is 0 Å². The summed E-state index contributed by atoms with van der Waals surface area (Å²) in [5, 5.41) is 3.54. The average Bonchev–Trinajstić information content (AvgIpc) is 2.66. The van der Waals surface area contributed by atoms with Crippen LogP contribution in [0.3, 0.4) is 0 Å². The number of allylic oxidation sites excluding steroid dienone is 1. The van der Waals surface area contributed by atoms with Crippen LogP contribution < -0.4 is 10.1 Å². The maximum atomic E-state index is 12.3. The van der Waals surface area contributed by atoms with Crippen molar-refractivity contribution in [3.8, 4) is 17.0 Å². The Hall–Kier alpha value is -2.33. The van der Waals surface area contributed by atoms with E-state index in [9.17, 15) is 4.79 Å². The maximum absolute atomic E-state index is 12.3. The Morgan fingerprint density at radius 3 is 2.58 bits per heavy atom. The smallest absolute Gasteiger partial charge is 0.247 e. The van der Waals surface area contributed by atoms with Crippen LogP contribution in [0.5, 0.6) is 5.88 Å². The number of nitrogens with zero attached hydrogens (tertiary/aromatic N) is 1. The topological polar surface area (TPSA) is 51.2 Å². The molecule has 0 saturated carbocycles. The van der Waals surface area contributed by atoms with E-state index in [0.29, 0.717) is 23.0 Å². The van der Waals surface area contributed by atoms with Gasteiger partial charge < -0.3 is 10.1 Å². The van der Waals surface area contributed by atoms with Gasteiger partial charge in [-0.1, -0.05) is 18.5 Å². The van der Waals surface area contributed by atoms with E-state index in [2.05, 4.69) is 10.3 Å². The maximum Gasteiger partial charge on any atom is 0.247 e. The van der Waals surface area contributed by atoms with Gasteiger partial charge in [-0.2, -0.15) is 0 Å². The van der Waals surface area contributed by atoms with Gasteiger partial charge in [0.2, 0.25) is 11.8 Å². The number of amides is 1. The fourth-order valence-corrected chi connectivity index (χ4v) is 2.99. The van der Waals surface area contributed by atoms with Crippen LogP contribution in [0.25, 0.3) is 16.7 Å². The zero-order chi connectivity index (χ0) is 19.3. The van der Waals surface area contributed by atoms with Gasteiger partial charge in [-0.15, -0.1) is 0 Å². The van der Waals surface area contributed by atoms with E-state index >= 15 is 0 Å². The number of carbonyl (C=O) groups is 1. The predicted octanol–water partition coefficient (Wildman–Crippen LogP) is 5.04. The van der Waals surface area contributed by atoms with Crippen LogP contribution in [0, 0.1) is 6.92 Å². The van der Waals surface area contributed by atoms with E-state index in [4.69, 9.17) is 16.3 Å². The summed E-state index contributed by atoms with van der Waals surface area (Å²) in [5.74, 6) is 0.518. The minimum Gasteiger partial charge on any atom is -0.481 e. The minimum absolute atomic E-state index is 0.0450. The van der Waals surface area contributed by atoms with E-state index in [1.165, 1.54) is 0 Å². The number of hydrogen-bond acceptors (Lipinski definition) is 3. The molecule has 4 nitrogen and oxygen atoms in total. The van der Waals surface area contributed by atoms with Crippen molar-refractivity contribution in [2.24, 2.45) is 0 Å². The fourth-order valence-electron chi connectivity index (χ4n) is 2.77. The number of rotatable bonds is 6. The second kappa shape index (κ2) is 8.86. The van der Waals surface area contributed by atoms with Crippen LogP contribution in [-0.2, 0) is 4.79 Å². The highest BCUT2D eigenvalue weighted by Crippen LogP contribution is 2.34. The highest BCUT2D eigenvalue weighted by atomic mass is 35.5. The molecule has 0 bridgehead atoms. The molecule has 1 N–H and O–H groups in total.